The smallest absolute Gasteiger partial charge is 0.240 e. The number of H-pyrrole nitrogens is 1. The molecule has 3 N–H and O–H groups in total. The summed E-state index contributed by atoms with van der Waals surface area (Å²) < 4.78 is 19.3. The molecule has 0 unspecified atom stereocenters. The van der Waals surface area contributed by atoms with Gasteiger partial charge in [0.05, 0.1) is 5.52 Å². The molecule has 0 radical (unpaired) electrons. The number of nitrogens with zero attached hydrogens (tertiary/aromatic N) is 2. The van der Waals surface area contributed by atoms with Crippen LogP contribution in [0.2, 0.25) is 0 Å². The van der Waals surface area contributed by atoms with Gasteiger partial charge in [-0.1, -0.05) is 0 Å². The Morgan fingerprint density at radius 1 is 0.897 bits per heavy atom. The summed E-state index contributed by atoms with van der Waals surface area (Å²) in [6.45, 7) is 2.01. The minimum Gasteiger partial charge on any atom is -0.457 e. The third-order valence-electron chi connectivity index (χ3n) is 6.86. The van der Waals surface area contributed by atoms with Crippen molar-refractivity contribution >= 4 is 34.1 Å². The molecule has 0 bridgehead atoms. The molecule has 8 nitrogen and oxygen atoms in total. The van der Waals surface area contributed by atoms with Crippen LogP contribution >= 0.6 is 0 Å². The number of benzene rings is 3. The highest BCUT2D eigenvalue weighted by Crippen LogP contribution is 2.47. The summed E-state index contributed by atoms with van der Waals surface area (Å²) in [7, 11) is 0. The first-order chi connectivity index (χ1) is 18.9. The largest absolute Gasteiger partial charge is 0.457 e. The first-order valence-corrected chi connectivity index (χ1v) is 12.5. The minimum absolute atomic E-state index is 0.376. The molecule has 5 aromatic rings. The zero-order chi connectivity index (χ0) is 27.0. The van der Waals surface area contributed by atoms with Gasteiger partial charge in [0.2, 0.25) is 11.8 Å². The van der Waals surface area contributed by atoms with Crippen LogP contribution in [0.1, 0.15) is 18.4 Å². The highest BCUT2D eigenvalue weighted by Gasteiger charge is 2.56. The number of pyridine rings is 1. The first-order valence-electron chi connectivity index (χ1n) is 12.5. The second-order valence-corrected chi connectivity index (χ2v) is 9.55. The summed E-state index contributed by atoms with van der Waals surface area (Å²) in [6, 6.07) is 18.2. The summed E-state index contributed by atoms with van der Waals surface area (Å²) in [5, 5.41) is 6.41. The number of ether oxygens (including phenoxy) is 1. The SMILES string of the molecule is Cc1cc2c(Oc3ccc(NC(=O)C4(C(=O)Nc5ccc(F)cc5)CC4)cc3)ccnc2cc1-c1ncc[nH]1. The van der Waals surface area contributed by atoms with Gasteiger partial charge in [-0.05, 0) is 92.1 Å². The van der Waals surface area contributed by atoms with Crippen LogP contribution in [0.3, 0.4) is 0 Å². The highest BCUT2D eigenvalue weighted by atomic mass is 19.1. The average molecular weight is 522 g/mol. The van der Waals surface area contributed by atoms with E-state index in [-0.39, 0.29) is 5.91 Å². The Morgan fingerprint density at radius 2 is 1.56 bits per heavy atom. The third kappa shape index (κ3) is 4.82. The zero-order valence-corrected chi connectivity index (χ0v) is 21.0. The van der Waals surface area contributed by atoms with E-state index in [1.165, 1.54) is 24.3 Å². The number of rotatable bonds is 7. The number of imidazole rings is 1. The van der Waals surface area contributed by atoms with E-state index in [0.717, 1.165) is 27.9 Å². The van der Waals surface area contributed by atoms with Gasteiger partial charge >= 0.3 is 0 Å². The lowest BCUT2D eigenvalue weighted by atomic mass is 10.0. The molecule has 194 valence electrons. The molecule has 0 spiro atoms. The maximum absolute atomic E-state index is 13.1. The van der Waals surface area contributed by atoms with Crippen molar-refractivity contribution in [1.29, 1.82) is 0 Å². The van der Waals surface area contributed by atoms with Gasteiger partial charge in [-0.15, -0.1) is 0 Å². The number of aryl methyl sites for hydroxylation is 1. The summed E-state index contributed by atoms with van der Waals surface area (Å²) in [5.41, 5.74) is 2.64. The number of halogens is 1. The lowest BCUT2D eigenvalue weighted by Gasteiger charge is -2.16. The topological polar surface area (TPSA) is 109 Å². The number of aromatic amines is 1. The van der Waals surface area contributed by atoms with Gasteiger partial charge in [-0.25, -0.2) is 9.37 Å². The fourth-order valence-corrected chi connectivity index (χ4v) is 4.48. The van der Waals surface area contributed by atoms with Gasteiger partial charge in [0.25, 0.3) is 0 Å². The Labute approximate surface area is 223 Å². The van der Waals surface area contributed by atoms with E-state index in [9.17, 15) is 14.0 Å². The standard InChI is InChI=1S/C30H24FN5O3/c1-18-16-24-25(17-23(18)27-33-14-15-34-27)32-13-10-26(24)39-22-8-6-21(7-9-22)36-29(38)30(11-12-30)28(37)35-20-4-2-19(31)3-5-20/h2-10,13-17H,11-12H2,1H3,(H,33,34)(H,35,37)(H,36,38). The van der Waals surface area contributed by atoms with E-state index in [4.69, 9.17) is 4.74 Å². The van der Waals surface area contributed by atoms with Crippen LogP contribution in [0.15, 0.2) is 85.3 Å². The lowest BCUT2D eigenvalue weighted by Crippen LogP contribution is -2.35. The second kappa shape index (κ2) is 9.68. The Morgan fingerprint density at radius 3 is 2.18 bits per heavy atom. The molecule has 0 aliphatic heterocycles. The number of carbonyl (C=O) groups is 2. The Hall–Kier alpha value is -5.05. The molecule has 39 heavy (non-hydrogen) atoms. The molecule has 0 saturated heterocycles. The maximum Gasteiger partial charge on any atom is 0.240 e. The van der Waals surface area contributed by atoms with Crippen molar-refractivity contribution in [3.63, 3.8) is 0 Å². The van der Waals surface area contributed by atoms with E-state index < -0.39 is 17.1 Å². The molecule has 6 rings (SSSR count). The van der Waals surface area contributed by atoms with E-state index in [2.05, 4.69) is 25.6 Å². The van der Waals surface area contributed by atoms with E-state index in [1.54, 1.807) is 48.9 Å². The fraction of sp³-hybridized carbons (Fsp3) is 0.133. The van der Waals surface area contributed by atoms with Crippen LogP contribution in [-0.2, 0) is 9.59 Å². The van der Waals surface area contributed by atoms with Crippen molar-refractivity contribution in [2.24, 2.45) is 5.41 Å². The maximum atomic E-state index is 13.1. The number of fused-ring (bicyclic) bond motifs is 1. The van der Waals surface area contributed by atoms with Crippen LogP contribution in [0.5, 0.6) is 11.5 Å². The van der Waals surface area contributed by atoms with E-state index in [0.29, 0.717) is 35.7 Å². The van der Waals surface area contributed by atoms with Crippen LogP contribution in [0.4, 0.5) is 15.8 Å². The summed E-state index contributed by atoms with van der Waals surface area (Å²) in [4.78, 5) is 37.7. The van der Waals surface area contributed by atoms with Crippen LogP contribution < -0.4 is 15.4 Å². The number of aromatic nitrogens is 3. The number of hydrogen-bond acceptors (Lipinski definition) is 5. The number of hydrogen-bond donors (Lipinski definition) is 3. The molecule has 2 aromatic heterocycles. The molecule has 1 aliphatic rings. The fourth-order valence-electron chi connectivity index (χ4n) is 4.48. The molecular formula is C30H24FN5O3. The van der Waals surface area contributed by atoms with Crippen molar-refractivity contribution in [1.82, 2.24) is 15.0 Å². The number of nitrogens with one attached hydrogen (secondary N) is 3. The van der Waals surface area contributed by atoms with Crippen molar-refractivity contribution in [2.75, 3.05) is 10.6 Å². The second-order valence-electron chi connectivity index (χ2n) is 9.55. The normalized spacial score (nSPS) is 13.6. The summed E-state index contributed by atoms with van der Waals surface area (Å²) >= 11 is 0. The van der Waals surface area contributed by atoms with Crippen LogP contribution in [-0.4, -0.2) is 26.8 Å². The van der Waals surface area contributed by atoms with Crippen molar-refractivity contribution in [2.45, 2.75) is 19.8 Å². The molecule has 9 heteroatoms. The van der Waals surface area contributed by atoms with Gasteiger partial charge in [0, 0.05) is 40.9 Å². The molecule has 1 saturated carbocycles. The van der Waals surface area contributed by atoms with Crippen molar-refractivity contribution in [3.8, 4) is 22.9 Å². The Bertz CT molecular complexity index is 1680. The summed E-state index contributed by atoms with van der Waals surface area (Å²) in [5.74, 6) is 0.843. The van der Waals surface area contributed by atoms with Gasteiger partial charge < -0.3 is 20.4 Å². The number of anilines is 2. The van der Waals surface area contributed by atoms with E-state index >= 15 is 0 Å². The predicted octanol–water partition coefficient (Wildman–Crippen LogP) is 6.22. The van der Waals surface area contributed by atoms with Gasteiger partial charge in [0.1, 0.15) is 28.6 Å². The highest BCUT2D eigenvalue weighted by molar-refractivity contribution is 6.16. The van der Waals surface area contributed by atoms with E-state index in [1.807, 2.05) is 19.1 Å². The van der Waals surface area contributed by atoms with Crippen molar-refractivity contribution < 1.29 is 18.7 Å². The molecule has 2 amide bonds. The molecule has 0 atom stereocenters. The monoisotopic (exact) mass is 521 g/mol. The zero-order valence-electron chi connectivity index (χ0n) is 21.0. The van der Waals surface area contributed by atoms with Gasteiger partial charge in [-0.3, -0.25) is 14.6 Å². The molecule has 1 fully saturated rings. The minimum atomic E-state index is -1.13. The molecule has 1 aliphatic carbocycles. The molecular weight excluding hydrogens is 497 g/mol. The van der Waals surface area contributed by atoms with Gasteiger partial charge in [0.15, 0.2) is 0 Å². The average Bonchev–Trinajstić information content (AvgIpc) is 3.58. The third-order valence-corrected chi connectivity index (χ3v) is 6.86. The van der Waals surface area contributed by atoms with Crippen molar-refractivity contribution in [3.05, 3.63) is 96.7 Å². The lowest BCUT2D eigenvalue weighted by molar-refractivity contribution is -0.131. The number of carbonyl (C=O) groups excluding carboxylic acids is 2. The molecule has 2 heterocycles. The summed E-state index contributed by atoms with van der Waals surface area (Å²) in [6.07, 6.45) is 6.09. The molecule has 3 aromatic carbocycles. The Balaban J connectivity index is 1.14. The Kier molecular flexibility index (Phi) is 6.03. The quantitative estimate of drug-likeness (QED) is 0.220. The number of amides is 2. The van der Waals surface area contributed by atoms with Crippen LogP contribution in [0, 0.1) is 18.2 Å². The van der Waals surface area contributed by atoms with Crippen LogP contribution in [0.25, 0.3) is 22.3 Å². The predicted molar refractivity (Wildman–Crippen MR) is 146 cm³/mol. The van der Waals surface area contributed by atoms with Gasteiger partial charge in [-0.2, -0.15) is 0 Å². The first kappa shape index (κ1) is 24.3.